The van der Waals surface area contributed by atoms with E-state index in [1.165, 1.54) is 0 Å². The normalized spacial score (nSPS) is 11.0. The monoisotopic (exact) mass is 245 g/mol. The third-order valence-electron chi connectivity index (χ3n) is 2.11. The number of hydrogen-bond donors (Lipinski definition) is 1. The molecule has 17 heavy (non-hydrogen) atoms. The third kappa shape index (κ3) is 3.99. The second-order valence-corrected chi connectivity index (χ2v) is 3.43. The van der Waals surface area contributed by atoms with Gasteiger partial charge in [-0.2, -0.15) is 13.2 Å². The molecule has 0 aromatic heterocycles. The van der Waals surface area contributed by atoms with E-state index in [4.69, 9.17) is 6.42 Å². The fourth-order valence-electron chi connectivity index (χ4n) is 1.25. The number of alkyl halides is 3. The van der Waals surface area contributed by atoms with Crippen LogP contribution < -0.4 is 5.32 Å². The van der Waals surface area contributed by atoms with E-state index in [-0.39, 0.29) is 5.69 Å². The molecule has 0 atom stereocenters. The molecule has 0 amide bonds. The van der Waals surface area contributed by atoms with Crippen molar-refractivity contribution in [1.29, 1.82) is 0 Å². The van der Waals surface area contributed by atoms with Crippen LogP contribution in [0.25, 0.3) is 0 Å². The average molecular weight is 245 g/mol. The zero-order valence-corrected chi connectivity index (χ0v) is 8.94. The zero-order valence-electron chi connectivity index (χ0n) is 8.94. The summed E-state index contributed by atoms with van der Waals surface area (Å²) in [6.07, 6.45) is 1.62. The summed E-state index contributed by atoms with van der Waals surface area (Å²) in [5, 5.41) is 2.59. The van der Waals surface area contributed by atoms with Crippen LogP contribution in [0.1, 0.15) is 18.4 Å². The van der Waals surface area contributed by atoms with Crippen LogP contribution in [0.4, 0.5) is 23.2 Å². The molecule has 5 heteroatoms. The van der Waals surface area contributed by atoms with Gasteiger partial charge in [0.1, 0.15) is 5.82 Å². The second-order valence-electron chi connectivity index (χ2n) is 3.43. The van der Waals surface area contributed by atoms with Gasteiger partial charge in [0.15, 0.2) is 0 Å². The highest BCUT2D eigenvalue weighted by atomic mass is 19.4. The maximum absolute atomic E-state index is 13.2. The second kappa shape index (κ2) is 5.58. The summed E-state index contributed by atoms with van der Waals surface area (Å²) in [5.74, 6) is 1.68. The van der Waals surface area contributed by atoms with Crippen LogP contribution in [0.2, 0.25) is 0 Å². The fraction of sp³-hybridized carbons (Fsp3) is 0.333. The van der Waals surface area contributed by atoms with Crippen molar-refractivity contribution in [3.05, 3.63) is 29.6 Å². The lowest BCUT2D eigenvalue weighted by Gasteiger charge is -2.11. The Hall–Kier alpha value is -1.70. The summed E-state index contributed by atoms with van der Waals surface area (Å²) >= 11 is 0. The molecule has 0 spiro atoms. The molecule has 0 heterocycles. The van der Waals surface area contributed by atoms with Crippen LogP contribution in [0.3, 0.4) is 0 Å². The summed E-state index contributed by atoms with van der Waals surface area (Å²) in [7, 11) is 0. The quantitative estimate of drug-likeness (QED) is 0.485. The molecule has 1 aromatic carbocycles. The van der Waals surface area contributed by atoms with Gasteiger partial charge < -0.3 is 5.32 Å². The average Bonchev–Trinajstić information content (AvgIpc) is 2.25. The van der Waals surface area contributed by atoms with E-state index in [1.807, 2.05) is 0 Å². The topological polar surface area (TPSA) is 12.0 Å². The predicted molar refractivity (Wildman–Crippen MR) is 58.0 cm³/mol. The molecule has 0 radical (unpaired) electrons. The highest BCUT2D eigenvalue weighted by Crippen LogP contribution is 2.31. The summed E-state index contributed by atoms with van der Waals surface area (Å²) in [5.41, 5.74) is -1.03. The molecule has 0 aliphatic rings. The minimum Gasteiger partial charge on any atom is -0.383 e. The van der Waals surface area contributed by atoms with Crippen molar-refractivity contribution in [3.63, 3.8) is 0 Å². The first-order valence-corrected chi connectivity index (χ1v) is 4.99. The lowest BCUT2D eigenvalue weighted by molar-refractivity contribution is -0.137. The SMILES string of the molecule is C#CCCCNc1cc(C(F)(F)F)ccc1F. The molecule has 1 nitrogen and oxygen atoms in total. The molecule has 0 saturated heterocycles. The van der Waals surface area contributed by atoms with Gasteiger partial charge in [-0.05, 0) is 24.6 Å². The van der Waals surface area contributed by atoms with Crippen molar-refractivity contribution in [2.24, 2.45) is 0 Å². The minimum absolute atomic E-state index is 0.156. The molecule has 0 bridgehead atoms. The summed E-state index contributed by atoms with van der Waals surface area (Å²) < 4.78 is 50.3. The van der Waals surface area contributed by atoms with Crippen LogP contribution in [-0.2, 0) is 6.18 Å². The number of benzene rings is 1. The summed E-state index contributed by atoms with van der Waals surface area (Å²) in [6, 6.07) is 2.26. The lowest BCUT2D eigenvalue weighted by atomic mass is 10.2. The van der Waals surface area contributed by atoms with E-state index in [1.54, 1.807) is 0 Å². The standard InChI is InChI=1S/C12H11F4N/c1-2-3-4-7-17-11-8-9(12(14,15)16)5-6-10(11)13/h1,5-6,8,17H,3-4,7H2. The Morgan fingerprint density at radius 3 is 2.59 bits per heavy atom. The van der Waals surface area contributed by atoms with Crippen LogP contribution in [0, 0.1) is 18.2 Å². The highest BCUT2D eigenvalue weighted by Gasteiger charge is 2.31. The maximum atomic E-state index is 13.2. The fourth-order valence-corrected chi connectivity index (χ4v) is 1.25. The van der Waals surface area contributed by atoms with Crippen LogP contribution in [0.15, 0.2) is 18.2 Å². The molecule has 0 fully saturated rings. The Balaban J connectivity index is 2.74. The van der Waals surface area contributed by atoms with Gasteiger partial charge in [0.25, 0.3) is 0 Å². The molecule has 0 saturated carbocycles. The maximum Gasteiger partial charge on any atom is 0.416 e. The van der Waals surface area contributed by atoms with Crippen molar-refractivity contribution >= 4 is 5.69 Å². The highest BCUT2D eigenvalue weighted by molar-refractivity contribution is 5.48. The van der Waals surface area contributed by atoms with E-state index in [0.29, 0.717) is 25.5 Å². The lowest BCUT2D eigenvalue weighted by Crippen LogP contribution is -2.08. The Kier molecular flexibility index (Phi) is 4.38. The molecular weight excluding hydrogens is 234 g/mol. The van der Waals surface area contributed by atoms with E-state index in [9.17, 15) is 17.6 Å². The van der Waals surface area contributed by atoms with Gasteiger partial charge in [-0.1, -0.05) is 0 Å². The third-order valence-corrected chi connectivity index (χ3v) is 2.11. The molecule has 0 unspecified atom stereocenters. The first kappa shape index (κ1) is 13.4. The van der Waals surface area contributed by atoms with Crippen LogP contribution in [0.5, 0.6) is 0 Å². The zero-order chi connectivity index (χ0) is 12.9. The molecule has 92 valence electrons. The molecule has 1 aromatic rings. The van der Waals surface area contributed by atoms with Crippen LogP contribution >= 0.6 is 0 Å². The van der Waals surface area contributed by atoms with E-state index < -0.39 is 17.6 Å². The van der Waals surface area contributed by atoms with Gasteiger partial charge in [0, 0.05) is 13.0 Å². The van der Waals surface area contributed by atoms with Crippen molar-refractivity contribution < 1.29 is 17.6 Å². The summed E-state index contributed by atoms with van der Waals surface area (Å²) in [4.78, 5) is 0. The van der Waals surface area contributed by atoms with Crippen molar-refractivity contribution in [3.8, 4) is 12.3 Å². The molecule has 0 aliphatic carbocycles. The van der Waals surface area contributed by atoms with Gasteiger partial charge in [0.05, 0.1) is 11.3 Å². The molecule has 1 rings (SSSR count). The largest absolute Gasteiger partial charge is 0.416 e. The Labute approximate surface area is 96.8 Å². The Morgan fingerprint density at radius 2 is 2.00 bits per heavy atom. The Bertz CT molecular complexity index is 417. The van der Waals surface area contributed by atoms with Crippen molar-refractivity contribution in [1.82, 2.24) is 0 Å². The molecule has 0 aliphatic heterocycles. The van der Waals surface area contributed by atoms with Gasteiger partial charge in [-0.25, -0.2) is 4.39 Å². The van der Waals surface area contributed by atoms with Crippen LogP contribution in [-0.4, -0.2) is 6.54 Å². The van der Waals surface area contributed by atoms with E-state index >= 15 is 0 Å². The number of anilines is 1. The number of terminal acetylenes is 1. The number of unbranched alkanes of at least 4 members (excludes halogenated alkanes) is 1. The smallest absolute Gasteiger partial charge is 0.383 e. The predicted octanol–water partition coefficient (Wildman–Crippen LogP) is 3.67. The number of rotatable bonds is 4. The van der Waals surface area contributed by atoms with Gasteiger partial charge in [-0.3, -0.25) is 0 Å². The Morgan fingerprint density at radius 1 is 1.29 bits per heavy atom. The first-order valence-electron chi connectivity index (χ1n) is 4.99. The molecular formula is C12H11F4N. The first-order chi connectivity index (χ1) is 7.95. The van der Waals surface area contributed by atoms with E-state index in [0.717, 1.165) is 12.1 Å². The number of halogens is 4. The summed E-state index contributed by atoms with van der Waals surface area (Å²) in [6.45, 7) is 0.336. The van der Waals surface area contributed by atoms with E-state index in [2.05, 4.69) is 11.2 Å². The minimum atomic E-state index is -4.47. The van der Waals surface area contributed by atoms with Gasteiger partial charge >= 0.3 is 6.18 Å². The number of nitrogens with one attached hydrogen (secondary N) is 1. The molecule has 1 N–H and O–H groups in total. The van der Waals surface area contributed by atoms with Crippen molar-refractivity contribution in [2.45, 2.75) is 19.0 Å². The van der Waals surface area contributed by atoms with Crippen molar-refractivity contribution in [2.75, 3.05) is 11.9 Å². The van der Waals surface area contributed by atoms with Gasteiger partial charge in [-0.15, -0.1) is 12.3 Å². The number of hydrogen-bond acceptors (Lipinski definition) is 1. The van der Waals surface area contributed by atoms with Gasteiger partial charge in [0.2, 0.25) is 0 Å².